The molecule has 0 aromatic heterocycles. The van der Waals surface area contributed by atoms with E-state index >= 15 is 0 Å². The number of nitrogens with one attached hydrogen (secondary N) is 1. The van der Waals surface area contributed by atoms with Crippen molar-refractivity contribution in [3.63, 3.8) is 0 Å². The summed E-state index contributed by atoms with van der Waals surface area (Å²) in [5.74, 6) is 0.199. The maximum Gasteiger partial charge on any atom is 0.211 e. The summed E-state index contributed by atoms with van der Waals surface area (Å²) in [4.78, 5) is 0. The molecule has 1 fully saturated rings. The lowest BCUT2D eigenvalue weighted by Gasteiger charge is -2.11. The topological polar surface area (TPSA) is 64.6 Å². The molecule has 1 N–H and O–H groups in total. The zero-order valence-corrected chi connectivity index (χ0v) is 12.6. The third-order valence-corrected chi connectivity index (χ3v) is 4.63. The van der Waals surface area contributed by atoms with Gasteiger partial charge in [-0.15, -0.1) is 0 Å². The van der Waals surface area contributed by atoms with E-state index in [1.165, 1.54) is 24.3 Å². The van der Waals surface area contributed by atoms with E-state index in [9.17, 15) is 12.8 Å². The molecule has 0 amide bonds. The van der Waals surface area contributed by atoms with Crippen LogP contribution < -0.4 is 9.46 Å². The van der Waals surface area contributed by atoms with Gasteiger partial charge in [0.05, 0.1) is 18.5 Å². The zero-order chi connectivity index (χ0) is 15.1. The van der Waals surface area contributed by atoms with Crippen LogP contribution in [0.1, 0.15) is 19.3 Å². The highest BCUT2D eigenvalue weighted by Crippen LogP contribution is 2.12. The molecular weight excluding hydrogens is 297 g/mol. The average molecular weight is 317 g/mol. The van der Waals surface area contributed by atoms with Crippen molar-refractivity contribution in [2.45, 2.75) is 25.4 Å². The van der Waals surface area contributed by atoms with Crippen LogP contribution in [-0.4, -0.2) is 40.0 Å². The number of hydrogen-bond acceptors (Lipinski definition) is 4. The van der Waals surface area contributed by atoms with Gasteiger partial charge in [0.1, 0.15) is 11.6 Å². The van der Waals surface area contributed by atoms with Crippen molar-refractivity contribution in [3.05, 3.63) is 30.1 Å². The van der Waals surface area contributed by atoms with Crippen molar-refractivity contribution in [2.75, 3.05) is 25.5 Å². The molecule has 0 unspecified atom stereocenters. The number of halogens is 1. The molecule has 0 bridgehead atoms. The van der Waals surface area contributed by atoms with Crippen LogP contribution in [0.3, 0.4) is 0 Å². The average Bonchev–Trinajstić information content (AvgIpc) is 2.97. The van der Waals surface area contributed by atoms with Crippen molar-refractivity contribution in [1.82, 2.24) is 4.72 Å². The standard InChI is InChI=1S/C14H20FNO4S/c15-12-4-6-13(7-5-12)19-9-2-10-21(17,18)16-11-14-3-1-8-20-14/h4-7,14,16H,1-3,8-11H2/t14-/m1/s1. The van der Waals surface area contributed by atoms with Gasteiger partial charge >= 0.3 is 0 Å². The van der Waals surface area contributed by atoms with Crippen molar-refractivity contribution >= 4 is 10.0 Å². The van der Waals surface area contributed by atoms with Crippen molar-refractivity contribution in [3.8, 4) is 5.75 Å². The van der Waals surface area contributed by atoms with E-state index in [1.807, 2.05) is 0 Å². The predicted octanol–water partition coefficient (Wildman–Crippen LogP) is 1.69. The Kier molecular flexibility index (Phi) is 5.96. The van der Waals surface area contributed by atoms with Crippen LogP contribution in [0.4, 0.5) is 4.39 Å². The fourth-order valence-electron chi connectivity index (χ4n) is 2.07. The molecule has 5 nitrogen and oxygen atoms in total. The third-order valence-electron chi connectivity index (χ3n) is 3.19. The molecule has 7 heteroatoms. The van der Waals surface area contributed by atoms with E-state index < -0.39 is 10.0 Å². The second-order valence-corrected chi connectivity index (χ2v) is 6.88. The Bertz CT molecular complexity index is 526. The number of ether oxygens (including phenoxy) is 2. The monoisotopic (exact) mass is 317 g/mol. The molecule has 0 spiro atoms. The first-order valence-corrected chi connectivity index (χ1v) is 8.68. The van der Waals surface area contributed by atoms with Crippen molar-refractivity contribution in [1.29, 1.82) is 0 Å². The van der Waals surface area contributed by atoms with Crippen LogP contribution in [0.25, 0.3) is 0 Å². The summed E-state index contributed by atoms with van der Waals surface area (Å²) in [6, 6.07) is 5.63. The van der Waals surface area contributed by atoms with E-state index in [2.05, 4.69) is 4.72 Å². The molecule has 21 heavy (non-hydrogen) atoms. The number of rotatable bonds is 8. The van der Waals surface area contributed by atoms with Gasteiger partial charge < -0.3 is 9.47 Å². The molecule has 0 saturated carbocycles. The smallest absolute Gasteiger partial charge is 0.211 e. The molecule has 1 aromatic carbocycles. The lowest BCUT2D eigenvalue weighted by atomic mass is 10.2. The second kappa shape index (κ2) is 7.72. The van der Waals surface area contributed by atoms with Gasteiger partial charge in [0.15, 0.2) is 0 Å². The van der Waals surface area contributed by atoms with E-state index in [0.29, 0.717) is 25.3 Å². The first kappa shape index (κ1) is 16.2. The molecule has 2 rings (SSSR count). The Morgan fingerprint density at radius 2 is 2.10 bits per heavy atom. The minimum atomic E-state index is -3.30. The van der Waals surface area contributed by atoms with Gasteiger partial charge in [0, 0.05) is 13.2 Å². The van der Waals surface area contributed by atoms with E-state index in [4.69, 9.17) is 9.47 Å². The maximum atomic E-state index is 12.7. The van der Waals surface area contributed by atoms with Crippen molar-refractivity contribution in [2.24, 2.45) is 0 Å². The van der Waals surface area contributed by atoms with E-state index in [1.54, 1.807) is 0 Å². The Hall–Kier alpha value is -1.18. The molecular formula is C14H20FNO4S. The molecule has 0 radical (unpaired) electrons. The molecule has 118 valence electrons. The summed E-state index contributed by atoms with van der Waals surface area (Å²) in [5, 5.41) is 0. The summed E-state index contributed by atoms with van der Waals surface area (Å²) >= 11 is 0. The Morgan fingerprint density at radius 3 is 2.76 bits per heavy atom. The van der Waals surface area contributed by atoms with Crippen molar-refractivity contribution < 1.29 is 22.3 Å². The highest BCUT2D eigenvalue weighted by molar-refractivity contribution is 7.89. The van der Waals surface area contributed by atoms with E-state index in [0.717, 1.165) is 12.8 Å². The molecule has 1 aromatic rings. The summed E-state index contributed by atoms with van der Waals surface area (Å²) in [6.07, 6.45) is 2.25. The summed E-state index contributed by atoms with van der Waals surface area (Å²) < 4.78 is 49.5. The minimum absolute atomic E-state index is 0.000907. The molecule has 0 aliphatic carbocycles. The van der Waals surface area contributed by atoms with Gasteiger partial charge in [-0.05, 0) is 43.5 Å². The van der Waals surface area contributed by atoms with Gasteiger partial charge in [-0.1, -0.05) is 0 Å². The van der Waals surface area contributed by atoms with Crippen LogP contribution >= 0.6 is 0 Å². The van der Waals surface area contributed by atoms with Gasteiger partial charge in [0.2, 0.25) is 10.0 Å². The van der Waals surface area contributed by atoms with Gasteiger partial charge in [-0.2, -0.15) is 0 Å². The van der Waals surface area contributed by atoms with Crippen LogP contribution in [0.5, 0.6) is 5.75 Å². The third kappa shape index (κ3) is 5.99. The van der Waals surface area contributed by atoms with Gasteiger partial charge in [0.25, 0.3) is 0 Å². The first-order valence-electron chi connectivity index (χ1n) is 7.02. The number of sulfonamides is 1. The van der Waals surface area contributed by atoms with E-state index in [-0.39, 0.29) is 24.3 Å². The summed E-state index contributed by atoms with van der Waals surface area (Å²) in [6.45, 7) is 1.31. The van der Waals surface area contributed by atoms with Crippen LogP contribution in [-0.2, 0) is 14.8 Å². The van der Waals surface area contributed by atoms with Crippen LogP contribution in [0.2, 0.25) is 0 Å². The fourth-order valence-corrected chi connectivity index (χ4v) is 3.15. The van der Waals surface area contributed by atoms with Crippen LogP contribution in [0.15, 0.2) is 24.3 Å². The Morgan fingerprint density at radius 1 is 1.33 bits per heavy atom. The van der Waals surface area contributed by atoms with Crippen LogP contribution in [0, 0.1) is 5.82 Å². The first-order chi connectivity index (χ1) is 10.1. The minimum Gasteiger partial charge on any atom is -0.494 e. The second-order valence-electron chi connectivity index (χ2n) is 4.96. The van der Waals surface area contributed by atoms with Gasteiger partial charge in [-0.25, -0.2) is 17.5 Å². The molecule has 1 saturated heterocycles. The molecule has 1 aliphatic heterocycles. The molecule has 1 atom stereocenters. The number of hydrogen-bond donors (Lipinski definition) is 1. The molecule has 1 heterocycles. The van der Waals surface area contributed by atoms with Gasteiger partial charge in [-0.3, -0.25) is 0 Å². The summed E-state index contributed by atoms with van der Waals surface area (Å²) in [7, 11) is -3.30. The predicted molar refractivity (Wildman–Crippen MR) is 77.3 cm³/mol. The zero-order valence-electron chi connectivity index (χ0n) is 11.8. The highest BCUT2D eigenvalue weighted by Gasteiger charge is 2.18. The SMILES string of the molecule is O=S(=O)(CCCOc1ccc(F)cc1)NC[C@H]1CCCO1. The summed E-state index contributed by atoms with van der Waals surface area (Å²) in [5.41, 5.74) is 0. The largest absolute Gasteiger partial charge is 0.494 e. The highest BCUT2D eigenvalue weighted by atomic mass is 32.2. The maximum absolute atomic E-state index is 12.7. The Balaban J connectivity index is 1.63. The lowest BCUT2D eigenvalue weighted by Crippen LogP contribution is -2.33. The fraction of sp³-hybridized carbons (Fsp3) is 0.571. The lowest BCUT2D eigenvalue weighted by molar-refractivity contribution is 0.114. The number of benzene rings is 1. The Labute approximate surface area is 124 Å². The normalized spacial score (nSPS) is 18.8. The quantitative estimate of drug-likeness (QED) is 0.741. The molecule has 1 aliphatic rings.